The van der Waals surface area contributed by atoms with Gasteiger partial charge in [0, 0.05) is 11.7 Å². The van der Waals surface area contributed by atoms with Crippen LogP contribution in [0.15, 0.2) is 24.3 Å². The van der Waals surface area contributed by atoms with E-state index in [4.69, 9.17) is 4.74 Å². The molecule has 0 aliphatic heterocycles. The first-order valence-electron chi connectivity index (χ1n) is 6.41. The summed E-state index contributed by atoms with van der Waals surface area (Å²) in [5, 5.41) is 5.50. The average Bonchev–Trinajstić information content (AvgIpc) is 2.39. The molecule has 0 radical (unpaired) electrons. The Bertz CT molecular complexity index is 429. The molecule has 19 heavy (non-hydrogen) atoms. The third kappa shape index (κ3) is 4.99. The zero-order chi connectivity index (χ0) is 14.3. The lowest BCUT2D eigenvalue weighted by Gasteiger charge is -2.12. The molecule has 1 aromatic carbocycles. The van der Waals surface area contributed by atoms with Crippen LogP contribution in [0, 0.1) is 0 Å². The maximum Gasteiger partial charge on any atom is 0.338 e. The lowest BCUT2D eigenvalue weighted by molar-refractivity contribution is 0.0526. The van der Waals surface area contributed by atoms with E-state index in [0.717, 1.165) is 6.42 Å². The van der Waals surface area contributed by atoms with E-state index < -0.39 is 0 Å². The molecule has 0 aromatic heterocycles. The Morgan fingerprint density at radius 3 is 2.37 bits per heavy atom. The minimum Gasteiger partial charge on any atom is -0.462 e. The highest BCUT2D eigenvalue weighted by Crippen LogP contribution is 2.10. The van der Waals surface area contributed by atoms with Gasteiger partial charge in [-0.1, -0.05) is 6.92 Å². The second-order valence-corrected chi connectivity index (χ2v) is 4.21. The van der Waals surface area contributed by atoms with Gasteiger partial charge in [0.1, 0.15) is 0 Å². The Kier molecular flexibility index (Phi) is 5.85. The highest BCUT2D eigenvalue weighted by atomic mass is 16.5. The first kappa shape index (κ1) is 15.0. The van der Waals surface area contributed by atoms with Crippen LogP contribution in [0.25, 0.3) is 0 Å². The number of ether oxygens (including phenoxy) is 1. The number of rotatable bonds is 5. The molecule has 0 aliphatic rings. The molecular formula is C14H20N2O3. The lowest BCUT2D eigenvalue weighted by atomic mass is 10.2. The largest absolute Gasteiger partial charge is 0.462 e. The smallest absolute Gasteiger partial charge is 0.338 e. The summed E-state index contributed by atoms with van der Waals surface area (Å²) in [5.74, 6) is -0.363. The summed E-state index contributed by atoms with van der Waals surface area (Å²) in [4.78, 5) is 23.0. The zero-order valence-electron chi connectivity index (χ0n) is 11.5. The predicted molar refractivity (Wildman–Crippen MR) is 74.3 cm³/mol. The van der Waals surface area contributed by atoms with Gasteiger partial charge in [0.05, 0.1) is 12.2 Å². The van der Waals surface area contributed by atoms with Gasteiger partial charge in [-0.25, -0.2) is 9.59 Å². The Labute approximate surface area is 113 Å². The number of benzene rings is 1. The van der Waals surface area contributed by atoms with Crippen LogP contribution in [0.5, 0.6) is 0 Å². The molecule has 1 rings (SSSR count). The molecular weight excluding hydrogens is 244 g/mol. The minimum absolute atomic E-state index is 0.124. The molecule has 0 fully saturated rings. The molecule has 1 aromatic rings. The minimum atomic E-state index is -0.363. The van der Waals surface area contributed by atoms with E-state index in [1.54, 1.807) is 31.2 Å². The van der Waals surface area contributed by atoms with Crippen molar-refractivity contribution in [3.05, 3.63) is 29.8 Å². The number of hydrogen-bond acceptors (Lipinski definition) is 3. The fraction of sp³-hybridized carbons (Fsp3) is 0.429. The van der Waals surface area contributed by atoms with Gasteiger partial charge in [-0.05, 0) is 44.5 Å². The molecule has 0 saturated heterocycles. The number of amides is 2. The normalized spacial score (nSPS) is 11.5. The lowest BCUT2D eigenvalue weighted by Crippen LogP contribution is -2.35. The Morgan fingerprint density at radius 1 is 1.21 bits per heavy atom. The Balaban J connectivity index is 2.57. The second kappa shape index (κ2) is 7.41. The van der Waals surface area contributed by atoms with E-state index >= 15 is 0 Å². The van der Waals surface area contributed by atoms with Crippen LogP contribution < -0.4 is 10.6 Å². The van der Waals surface area contributed by atoms with E-state index in [1.807, 2.05) is 13.8 Å². The van der Waals surface area contributed by atoms with Gasteiger partial charge in [0.15, 0.2) is 0 Å². The van der Waals surface area contributed by atoms with Gasteiger partial charge in [0.2, 0.25) is 0 Å². The molecule has 0 unspecified atom stereocenters. The molecule has 5 nitrogen and oxygen atoms in total. The first-order valence-corrected chi connectivity index (χ1v) is 6.41. The highest BCUT2D eigenvalue weighted by molar-refractivity contribution is 5.92. The topological polar surface area (TPSA) is 67.4 Å². The molecule has 0 bridgehead atoms. The summed E-state index contributed by atoms with van der Waals surface area (Å²) in [7, 11) is 0. The number of anilines is 1. The third-order valence-electron chi connectivity index (χ3n) is 2.64. The summed E-state index contributed by atoms with van der Waals surface area (Å²) in [6.45, 7) is 6.03. The van der Waals surface area contributed by atoms with Crippen molar-refractivity contribution in [1.29, 1.82) is 0 Å². The van der Waals surface area contributed by atoms with Crippen LogP contribution in [0.4, 0.5) is 10.5 Å². The van der Waals surface area contributed by atoms with Crippen LogP contribution >= 0.6 is 0 Å². The summed E-state index contributed by atoms with van der Waals surface area (Å²) in [6.07, 6.45) is 0.870. The van der Waals surface area contributed by atoms with Crippen molar-refractivity contribution in [2.45, 2.75) is 33.2 Å². The van der Waals surface area contributed by atoms with E-state index in [0.29, 0.717) is 17.9 Å². The third-order valence-corrected chi connectivity index (χ3v) is 2.64. The van der Waals surface area contributed by atoms with Crippen molar-refractivity contribution in [3.63, 3.8) is 0 Å². The zero-order valence-corrected chi connectivity index (χ0v) is 11.5. The van der Waals surface area contributed by atoms with Gasteiger partial charge in [0.25, 0.3) is 0 Å². The number of urea groups is 1. The van der Waals surface area contributed by atoms with Gasteiger partial charge >= 0.3 is 12.0 Å². The van der Waals surface area contributed by atoms with Crippen LogP contribution in [0.1, 0.15) is 37.6 Å². The Morgan fingerprint density at radius 2 is 1.84 bits per heavy atom. The number of carbonyl (C=O) groups excluding carboxylic acids is 2. The van der Waals surface area contributed by atoms with Gasteiger partial charge in [-0.2, -0.15) is 0 Å². The number of esters is 1. The molecule has 0 saturated carbocycles. The fourth-order valence-electron chi connectivity index (χ4n) is 1.40. The number of carbonyl (C=O) groups is 2. The standard InChI is InChI=1S/C14H20N2O3/c1-4-10(3)15-14(18)16-12-8-6-11(7-9-12)13(17)19-5-2/h6-10H,4-5H2,1-3H3,(H2,15,16,18)/t10-/m0/s1. The maximum absolute atomic E-state index is 11.6. The molecule has 0 spiro atoms. The highest BCUT2D eigenvalue weighted by Gasteiger charge is 2.08. The van der Waals surface area contributed by atoms with E-state index in [-0.39, 0.29) is 18.0 Å². The van der Waals surface area contributed by atoms with Gasteiger partial charge in [-0.3, -0.25) is 0 Å². The van der Waals surface area contributed by atoms with Gasteiger partial charge < -0.3 is 15.4 Å². The van der Waals surface area contributed by atoms with Crippen LogP contribution in [-0.4, -0.2) is 24.6 Å². The van der Waals surface area contributed by atoms with E-state index in [9.17, 15) is 9.59 Å². The summed E-state index contributed by atoms with van der Waals surface area (Å²) < 4.78 is 4.88. The SMILES string of the molecule is CCOC(=O)c1ccc(NC(=O)N[C@@H](C)CC)cc1. The van der Waals surface area contributed by atoms with Gasteiger partial charge in [-0.15, -0.1) is 0 Å². The van der Waals surface area contributed by atoms with Crippen LogP contribution in [-0.2, 0) is 4.74 Å². The number of nitrogens with one attached hydrogen (secondary N) is 2. The maximum atomic E-state index is 11.6. The van der Waals surface area contributed by atoms with Crippen LogP contribution in [0.2, 0.25) is 0 Å². The molecule has 0 heterocycles. The van der Waals surface area contributed by atoms with Crippen molar-refractivity contribution in [3.8, 4) is 0 Å². The summed E-state index contributed by atoms with van der Waals surface area (Å²) in [5.41, 5.74) is 1.10. The van der Waals surface area contributed by atoms with Crippen molar-refractivity contribution >= 4 is 17.7 Å². The first-order chi connectivity index (χ1) is 9.06. The molecule has 104 valence electrons. The summed E-state index contributed by atoms with van der Waals surface area (Å²) >= 11 is 0. The number of hydrogen-bond donors (Lipinski definition) is 2. The van der Waals surface area contributed by atoms with Crippen molar-refractivity contribution in [2.75, 3.05) is 11.9 Å². The molecule has 2 N–H and O–H groups in total. The molecule has 5 heteroatoms. The summed E-state index contributed by atoms with van der Waals surface area (Å²) in [6, 6.07) is 6.45. The van der Waals surface area contributed by atoms with Crippen LogP contribution in [0.3, 0.4) is 0 Å². The fourth-order valence-corrected chi connectivity index (χ4v) is 1.40. The molecule has 0 aliphatic carbocycles. The quantitative estimate of drug-likeness (QED) is 0.803. The molecule has 2 amide bonds. The van der Waals surface area contributed by atoms with Crippen molar-refractivity contribution < 1.29 is 14.3 Å². The van der Waals surface area contributed by atoms with E-state index in [1.165, 1.54) is 0 Å². The molecule has 1 atom stereocenters. The van der Waals surface area contributed by atoms with E-state index in [2.05, 4.69) is 10.6 Å². The predicted octanol–water partition coefficient (Wildman–Crippen LogP) is 2.78. The Hall–Kier alpha value is -2.04. The van der Waals surface area contributed by atoms with Crippen molar-refractivity contribution in [2.24, 2.45) is 0 Å². The van der Waals surface area contributed by atoms with Crippen molar-refractivity contribution in [1.82, 2.24) is 5.32 Å². The average molecular weight is 264 g/mol. The monoisotopic (exact) mass is 264 g/mol. The second-order valence-electron chi connectivity index (χ2n) is 4.21.